The molecule has 7 heteroatoms. The number of rotatable bonds is 5. The molecule has 1 aromatic rings. The molecule has 2 saturated carbocycles. The van der Waals surface area contributed by atoms with Gasteiger partial charge in [0.15, 0.2) is 5.82 Å². The van der Waals surface area contributed by atoms with Crippen molar-refractivity contribution in [3.8, 4) is 0 Å². The Bertz CT molecular complexity index is 586. The Hall–Kier alpha value is -1.63. The normalized spacial score (nSPS) is 23.5. The molecule has 132 valence electrons. The first-order valence-corrected chi connectivity index (χ1v) is 9.25. The van der Waals surface area contributed by atoms with Gasteiger partial charge >= 0.3 is 6.03 Å². The number of amides is 2. The zero-order valence-electron chi connectivity index (χ0n) is 14.6. The Kier molecular flexibility index (Phi) is 4.20. The third-order valence-corrected chi connectivity index (χ3v) is 5.28. The maximum atomic E-state index is 12.6. The van der Waals surface area contributed by atoms with Crippen molar-refractivity contribution in [1.82, 2.24) is 25.3 Å². The number of carbonyl (C=O) groups is 1. The summed E-state index contributed by atoms with van der Waals surface area (Å²) >= 11 is 0. The maximum absolute atomic E-state index is 12.6. The second-order valence-corrected chi connectivity index (χ2v) is 7.69. The van der Waals surface area contributed by atoms with E-state index in [9.17, 15) is 4.79 Å². The van der Waals surface area contributed by atoms with E-state index in [1.54, 1.807) is 0 Å². The molecule has 2 amide bonds. The van der Waals surface area contributed by atoms with Crippen molar-refractivity contribution >= 4 is 6.03 Å². The summed E-state index contributed by atoms with van der Waals surface area (Å²) in [7, 11) is 0. The van der Waals surface area contributed by atoms with Crippen LogP contribution in [0.15, 0.2) is 4.52 Å². The van der Waals surface area contributed by atoms with Crippen LogP contribution >= 0.6 is 0 Å². The number of hydrogen-bond donors (Lipinski definition) is 1. The van der Waals surface area contributed by atoms with Gasteiger partial charge in [0.05, 0.1) is 0 Å². The predicted octanol–water partition coefficient (Wildman–Crippen LogP) is 2.13. The van der Waals surface area contributed by atoms with Crippen molar-refractivity contribution in [2.24, 2.45) is 5.92 Å². The fraction of sp³-hybridized carbons (Fsp3) is 0.824. The molecule has 1 saturated heterocycles. The molecule has 1 atom stereocenters. The van der Waals surface area contributed by atoms with Crippen LogP contribution in [-0.2, 0) is 0 Å². The minimum atomic E-state index is -0.223. The third kappa shape index (κ3) is 3.41. The van der Waals surface area contributed by atoms with Gasteiger partial charge in [-0.05, 0) is 31.6 Å². The van der Waals surface area contributed by atoms with E-state index in [-0.39, 0.29) is 18.0 Å². The van der Waals surface area contributed by atoms with Gasteiger partial charge in [-0.15, -0.1) is 0 Å². The molecule has 2 heterocycles. The number of nitrogens with one attached hydrogen (secondary N) is 1. The molecule has 0 radical (unpaired) electrons. The van der Waals surface area contributed by atoms with Crippen molar-refractivity contribution in [3.63, 3.8) is 0 Å². The van der Waals surface area contributed by atoms with Crippen molar-refractivity contribution in [2.45, 2.75) is 57.5 Å². The minimum absolute atomic E-state index is 0.0182. The highest BCUT2D eigenvalue weighted by Crippen LogP contribution is 2.38. The summed E-state index contributed by atoms with van der Waals surface area (Å²) in [4.78, 5) is 21.6. The molecule has 3 fully saturated rings. The first-order valence-electron chi connectivity index (χ1n) is 9.25. The second-order valence-electron chi connectivity index (χ2n) is 7.69. The van der Waals surface area contributed by atoms with E-state index < -0.39 is 0 Å². The van der Waals surface area contributed by atoms with Gasteiger partial charge in [-0.2, -0.15) is 4.98 Å². The number of hydrogen-bond acceptors (Lipinski definition) is 5. The van der Waals surface area contributed by atoms with Gasteiger partial charge in [-0.1, -0.05) is 19.0 Å². The lowest BCUT2D eigenvalue weighted by Crippen LogP contribution is -2.53. The third-order valence-electron chi connectivity index (χ3n) is 5.28. The van der Waals surface area contributed by atoms with E-state index in [1.807, 2.05) is 4.90 Å². The molecule has 0 unspecified atom stereocenters. The van der Waals surface area contributed by atoms with Crippen LogP contribution in [0.1, 0.15) is 63.2 Å². The summed E-state index contributed by atoms with van der Waals surface area (Å²) in [6.07, 6.45) is 4.93. The fourth-order valence-electron chi connectivity index (χ4n) is 3.35. The number of urea groups is 1. The predicted molar refractivity (Wildman–Crippen MR) is 88.6 cm³/mol. The molecule has 24 heavy (non-hydrogen) atoms. The first-order chi connectivity index (χ1) is 11.6. The van der Waals surface area contributed by atoms with Crippen LogP contribution in [-0.4, -0.2) is 58.2 Å². The van der Waals surface area contributed by atoms with Crippen molar-refractivity contribution < 1.29 is 9.32 Å². The van der Waals surface area contributed by atoms with Gasteiger partial charge in [-0.3, -0.25) is 4.90 Å². The van der Waals surface area contributed by atoms with E-state index in [2.05, 4.69) is 34.2 Å². The zero-order chi connectivity index (χ0) is 16.7. The molecule has 1 N–H and O–H groups in total. The summed E-state index contributed by atoms with van der Waals surface area (Å²) in [6.45, 7) is 7.69. The monoisotopic (exact) mass is 333 g/mol. The molecule has 4 rings (SSSR count). The van der Waals surface area contributed by atoms with E-state index in [0.29, 0.717) is 11.8 Å². The summed E-state index contributed by atoms with van der Waals surface area (Å²) in [6, 6.07) is 0.534. The molecule has 0 bridgehead atoms. The quantitative estimate of drug-likeness (QED) is 0.893. The standard InChI is InChI=1S/C17H27N5O2/c1-11(2)14(16-19-15(20-24-16)12-3-4-12)18-17(23)22-9-7-21(8-10-22)13-5-6-13/h11-14H,3-10H2,1-2H3,(H,18,23)/t14-/m1/s1. The van der Waals surface area contributed by atoms with Gasteiger partial charge in [0.25, 0.3) is 0 Å². The highest BCUT2D eigenvalue weighted by molar-refractivity contribution is 5.74. The molecule has 2 aliphatic carbocycles. The lowest BCUT2D eigenvalue weighted by Gasteiger charge is -2.35. The number of piperazine rings is 1. The van der Waals surface area contributed by atoms with Gasteiger partial charge in [-0.25, -0.2) is 4.79 Å². The summed E-state index contributed by atoms with van der Waals surface area (Å²) in [5, 5.41) is 7.19. The second kappa shape index (κ2) is 6.35. The van der Waals surface area contributed by atoms with Gasteiger partial charge in [0.2, 0.25) is 5.89 Å². The molecule has 0 aromatic carbocycles. The molecule has 1 aromatic heterocycles. The molecular formula is C17H27N5O2. The number of nitrogens with zero attached hydrogens (tertiary/aromatic N) is 4. The Morgan fingerprint density at radius 1 is 1.17 bits per heavy atom. The van der Waals surface area contributed by atoms with E-state index in [1.165, 1.54) is 12.8 Å². The van der Waals surface area contributed by atoms with Crippen LogP contribution in [0, 0.1) is 5.92 Å². The smallest absolute Gasteiger partial charge is 0.318 e. The highest BCUT2D eigenvalue weighted by atomic mass is 16.5. The Morgan fingerprint density at radius 2 is 1.88 bits per heavy atom. The molecule has 3 aliphatic rings. The van der Waals surface area contributed by atoms with Crippen molar-refractivity contribution in [3.05, 3.63) is 11.7 Å². The van der Waals surface area contributed by atoms with Crippen LogP contribution in [0.2, 0.25) is 0 Å². The maximum Gasteiger partial charge on any atom is 0.318 e. The van der Waals surface area contributed by atoms with Crippen molar-refractivity contribution in [1.29, 1.82) is 0 Å². The molecule has 1 aliphatic heterocycles. The van der Waals surface area contributed by atoms with Crippen LogP contribution in [0.5, 0.6) is 0 Å². The van der Waals surface area contributed by atoms with Crippen LogP contribution in [0.4, 0.5) is 4.79 Å². The van der Waals surface area contributed by atoms with E-state index in [4.69, 9.17) is 4.52 Å². The summed E-state index contributed by atoms with van der Waals surface area (Å²) in [5.41, 5.74) is 0. The largest absolute Gasteiger partial charge is 0.337 e. The summed E-state index contributed by atoms with van der Waals surface area (Å²) in [5.74, 6) is 2.00. The topological polar surface area (TPSA) is 74.5 Å². The Labute approximate surface area is 142 Å². The molecular weight excluding hydrogens is 306 g/mol. The average Bonchev–Trinajstić information content (AvgIpc) is 3.50. The Balaban J connectivity index is 1.36. The average molecular weight is 333 g/mol. The highest BCUT2D eigenvalue weighted by Gasteiger charge is 2.34. The van der Waals surface area contributed by atoms with Gasteiger partial charge in [0.1, 0.15) is 6.04 Å². The van der Waals surface area contributed by atoms with Gasteiger partial charge < -0.3 is 14.7 Å². The first kappa shape index (κ1) is 15.9. The Morgan fingerprint density at radius 3 is 2.46 bits per heavy atom. The van der Waals surface area contributed by atoms with E-state index >= 15 is 0 Å². The zero-order valence-corrected chi connectivity index (χ0v) is 14.6. The SMILES string of the molecule is CC(C)[C@@H](NC(=O)N1CCN(C2CC2)CC1)c1nc(C2CC2)no1. The number of aromatic nitrogens is 2. The summed E-state index contributed by atoms with van der Waals surface area (Å²) < 4.78 is 5.43. The van der Waals surface area contributed by atoms with Crippen molar-refractivity contribution in [2.75, 3.05) is 26.2 Å². The van der Waals surface area contributed by atoms with Crippen LogP contribution in [0.3, 0.4) is 0 Å². The van der Waals surface area contributed by atoms with Crippen LogP contribution < -0.4 is 5.32 Å². The number of carbonyl (C=O) groups excluding carboxylic acids is 1. The van der Waals surface area contributed by atoms with E-state index in [0.717, 1.165) is 50.9 Å². The van der Waals surface area contributed by atoms with Crippen LogP contribution in [0.25, 0.3) is 0 Å². The minimum Gasteiger partial charge on any atom is -0.337 e. The fourth-order valence-corrected chi connectivity index (χ4v) is 3.35. The molecule has 0 spiro atoms. The lowest BCUT2D eigenvalue weighted by atomic mass is 10.0. The van der Waals surface area contributed by atoms with Gasteiger partial charge in [0, 0.05) is 38.1 Å². The lowest BCUT2D eigenvalue weighted by molar-refractivity contribution is 0.129. The molecule has 7 nitrogen and oxygen atoms in total.